The summed E-state index contributed by atoms with van der Waals surface area (Å²) in [5, 5.41) is 0. The van der Waals surface area contributed by atoms with E-state index in [1.54, 1.807) is 26.8 Å². The number of amides is 1. The number of carbonyl (C=O) groups is 2. The highest BCUT2D eigenvalue weighted by molar-refractivity contribution is 5.83. The van der Waals surface area contributed by atoms with E-state index in [0.29, 0.717) is 13.0 Å². The lowest BCUT2D eigenvalue weighted by Crippen LogP contribution is -2.50. The maximum Gasteiger partial charge on any atom is 0.411 e. The number of methoxy groups -OCH3 is 1. The molecule has 2 aromatic carbocycles. The van der Waals surface area contributed by atoms with Crippen molar-refractivity contribution in [2.75, 3.05) is 32.2 Å². The summed E-state index contributed by atoms with van der Waals surface area (Å²) in [6.07, 6.45) is 2.18. The molecule has 0 spiro atoms. The van der Waals surface area contributed by atoms with Crippen LogP contribution in [0.15, 0.2) is 49.1 Å². The first-order valence-electron chi connectivity index (χ1n) is 12.5. The molecule has 0 saturated heterocycles. The molecule has 8 nitrogen and oxygen atoms in total. The molecule has 198 valence electrons. The van der Waals surface area contributed by atoms with Crippen molar-refractivity contribution in [2.45, 2.75) is 57.9 Å². The maximum absolute atomic E-state index is 13.0. The molecule has 0 saturated carbocycles. The average Bonchev–Trinajstić information content (AvgIpc) is 3.02. The highest BCUT2D eigenvalue weighted by Gasteiger charge is 2.38. The Hall–Kier alpha value is -3.68. The second kappa shape index (κ2) is 10.7. The number of fused-ring (bicyclic) bond motifs is 2. The summed E-state index contributed by atoms with van der Waals surface area (Å²) >= 11 is 0. The van der Waals surface area contributed by atoms with Crippen LogP contribution >= 0.6 is 0 Å². The Morgan fingerprint density at radius 3 is 2.54 bits per heavy atom. The van der Waals surface area contributed by atoms with Crippen molar-refractivity contribution < 1.29 is 28.5 Å². The normalized spacial score (nSPS) is 19.1. The summed E-state index contributed by atoms with van der Waals surface area (Å²) in [5.74, 6) is 1.07. The lowest BCUT2D eigenvalue weighted by Gasteiger charge is -2.36. The molecule has 2 atom stereocenters. The average molecular weight is 509 g/mol. The van der Waals surface area contributed by atoms with E-state index in [2.05, 4.69) is 17.5 Å². The van der Waals surface area contributed by atoms with E-state index in [0.717, 1.165) is 46.8 Å². The van der Waals surface area contributed by atoms with Crippen molar-refractivity contribution in [1.29, 1.82) is 0 Å². The fraction of sp³-hybridized carbons (Fsp3) is 0.448. The number of esters is 1. The van der Waals surface area contributed by atoms with Crippen LogP contribution in [0.2, 0.25) is 0 Å². The van der Waals surface area contributed by atoms with E-state index in [4.69, 9.17) is 18.9 Å². The van der Waals surface area contributed by atoms with E-state index in [1.807, 2.05) is 37.4 Å². The molecule has 0 N–H and O–H groups in total. The van der Waals surface area contributed by atoms with Crippen LogP contribution in [-0.2, 0) is 27.2 Å². The highest BCUT2D eigenvalue weighted by atomic mass is 16.6. The molecule has 8 heteroatoms. The SMILES string of the molecule is C=CCOc1ccc(C2CCN(C)c3cc4c(cc3O2)CN(C(=O)OC(C)(C)C)[C@H](C(=O)OC)C4)cc1. The van der Waals surface area contributed by atoms with E-state index in [9.17, 15) is 9.59 Å². The molecule has 1 unspecified atom stereocenters. The van der Waals surface area contributed by atoms with E-state index in [-0.39, 0.29) is 12.6 Å². The fourth-order valence-corrected chi connectivity index (χ4v) is 4.67. The van der Waals surface area contributed by atoms with Crippen molar-refractivity contribution in [2.24, 2.45) is 0 Å². The Morgan fingerprint density at radius 1 is 1.16 bits per heavy atom. The molecular formula is C29H36N2O6. The molecule has 2 heterocycles. The van der Waals surface area contributed by atoms with Gasteiger partial charge in [-0.25, -0.2) is 9.59 Å². The van der Waals surface area contributed by atoms with Crippen LogP contribution in [0.25, 0.3) is 0 Å². The zero-order valence-electron chi connectivity index (χ0n) is 22.3. The molecule has 2 aromatic rings. The standard InChI is InChI=1S/C29H36N2O6/c1-7-14-35-22-10-8-19(9-11-22)25-12-13-30(5)23-15-20-16-24(27(32)34-6)31(28(33)37-29(2,3)4)18-21(20)17-26(23)36-25/h7-11,15,17,24-25H,1,12-14,16,18H2,2-6H3/t24-,25?/m0/s1. The smallest absolute Gasteiger partial charge is 0.411 e. The Balaban J connectivity index is 1.63. The van der Waals surface area contributed by atoms with Crippen LogP contribution in [0.5, 0.6) is 11.5 Å². The third kappa shape index (κ3) is 6.01. The Morgan fingerprint density at radius 2 is 1.89 bits per heavy atom. The fourth-order valence-electron chi connectivity index (χ4n) is 4.67. The molecule has 1 amide bonds. The number of anilines is 1. The molecule has 0 aliphatic carbocycles. The van der Waals surface area contributed by atoms with Gasteiger partial charge in [0.05, 0.1) is 19.3 Å². The predicted octanol–water partition coefficient (Wildman–Crippen LogP) is 5.05. The van der Waals surface area contributed by atoms with Gasteiger partial charge >= 0.3 is 12.1 Å². The maximum atomic E-state index is 13.0. The van der Waals surface area contributed by atoms with Gasteiger partial charge in [0, 0.05) is 26.4 Å². The monoisotopic (exact) mass is 508 g/mol. The minimum atomic E-state index is -0.753. The first-order chi connectivity index (χ1) is 17.6. The number of rotatable bonds is 5. The highest BCUT2D eigenvalue weighted by Crippen LogP contribution is 2.41. The van der Waals surface area contributed by atoms with E-state index >= 15 is 0 Å². The van der Waals surface area contributed by atoms with Gasteiger partial charge in [-0.15, -0.1) is 0 Å². The first kappa shape index (κ1) is 26.4. The third-order valence-corrected chi connectivity index (χ3v) is 6.54. The number of nitrogens with zero attached hydrogens (tertiary/aromatic N) is 2. The zero-order chi connectivity index (χ0) is 26.7. The summed E-state index contributed by atoms with van der Waals surface area (Å²) < 4.78 is 22.8. The molecule has 0 bridgehead atoms. The Kier molecular flexibility index (Phi) is 7.66. The van der Waals surface area contributed by atoms with Gasteiger partial charge in [-0.1, -0.05) is 24.8 Å². The molecule has 37 heavy (non-hydrogen) atoms. The molecular weight excluding hydrogens is 472 g/mol. The summed E-state index contributed by atoms with van der Waals surface area (Å²) in [7, 11) is 3.37. The summed E-state index contributed by atoms with van der Waals surface area (Å²) in [4.78, 5) is 29.3. The van der Waals surface area contributed by atoms with Crippen LogP contribution in [0, 0.1) is 0 Å². The lowest BCUT2D eigenvalue weighted by molar-refractivity contribution is -0.147. The van der Waals surface area contributed by atoms with Crippen LogP contribution in [0.1, 0.15) is 50.0 Å². The minimum Gasteiger partial charge on any atom is -0.490 e. The van der Waals surface area contributed by atoms with Gasteiger partial charge in [-0.2, -0.15) is 0 Å². The van der Waals surface area contributed by atoms with Gasteiger partial charge in [0.15, 0.2) is 0 Å². The number of carbonyl (C=O) groups excluding carboxylic acids is 2. The van der Waals surface area contributed by atoms with E-state index in [1.165, 1.54) is 12.0 Å². The van der Waals surface area contributed by atoms with Gasteiger partial charge in [-0.3, -0.25) is 4.90 Å². The van der Waals surface area contributed by atoms with Crippen molar-refractivity contribution in [3.8, 4) is 11.5 Å². The minimum absolute atomic E-state index is 0.136. The summed E-state index contributed by atoms with van der Waals surface area (Å²) in [5.41, 5.74) is 3.25. The van der Waals surface area contributed by atoms with E-state index < -0.39 is 23.7 Å². The van der Waals surface area contributed by atoms with Crippen molar-refractivity contribution in [3.63, 3.8) is 0 Å². The van der Waals surface area contributed by atoms with Crippen molar-refractivity contribution in [1.82, 2.24) is 4.90 Å². The number of ether oxygens (including phenoxy) is 4. The van der Waals surface area contributed by atoms with Gasteiger partial charge in [0.2, 0.25) is 0 Å². The number of hydrogen-bond donors (Lipinski definition) is 0. The van der Waals surface area contributed by atoms with Gasteiger partial charge in [-0.05, 0) is 61.7 Å². The molecule has 4 rings (SSSR count). The summed E-state index contributed by atoms with van der Waals surface area (Å²) in [6.45, 7) is 10.6. The number of hydrogen-bond acceptors (Lipinski definition) is 7. The van der Waals surface area contributed by atoms with Crippen LogP contribution in [0.3, 0.4) is 0 Å². The topological polar surface area (TPSA) is 77.5 Å². The Bertz CT molecular complexity index is 1150. The molecule has 0 radical (unpaired) electrons. The van der Waals surface area contributed by atoms with Crippen molar-refractivity contribution in [3.05, 3.63) is 65.7 Å². The molecule has 0 aromatic heterocycles. The first-order valence-corrected chi connectivity index (χ1v) is 12.5. The molecule has 2 aliphatic rings. The molecule has 0 fully saturated rings. The van der Waals surface area contributed by atoms with Crippen LogP contribution in [-0.4, -0.2) is 55.9 Å². The van der Waals surface area contributed by atoms with Gasteiger partial charge in [0.1, 0.15) is 35.9 Å². The van der Waals surface area contributed by atoms with Crippen LogP contribution in [0.4, 0.5) is 10.5 Å². The quantitative estimate of drug-likeness (QED) is 0.413. The zero-order valence-corrected chi connectivity index (χ0v) is 22.3. The van der Waals surface area contributed by atoms with Gasteiger partial charge in [0.25, 0.3) is 0 Å². The Labute approximate surface area is 218 Å². The number of benzene rings is 2. The largest absolute Gasteiger partial charge is 0.490 e. The second-order valence-corrected chi connectivity index (χ2v) is 10.4. The second-order valence-electron chi connectivity index (χ2n) is 10.4. The third-order valence-electron chi connectivity index (χ3n) is 6.54. The van der Waals surface area contributed by atoms with Crippen LogP contribution < -0.4 is 14.4 Å². The molecule has 2 aliphatic heterocycles. The van der Waals surface area contributed by atoms with Crippen molar-refractivity contribution >= 4 is 17.7 Å². The van der Waals surface area contributed by atoms with Gasteiger partial charge < -0.3 is 23.8 Å². The lowest BCUT2D eigenvalue weighted by atomic mass is 9.93. The summed E-state index contributed by atoms with van der Waals surface area (Å²) in [6, 6.07) is 11.2. The predicted molar refractivity (Wildman–Crippen MR) is 141 cm³/mol.